The van der Waals surface area contributed by atoms with E-state index < -0.39 is 28.4 Å². The van der Waals surface area contributed by atoms with Crippen LogP contribution in [0.15, 0.2) is 48.0 Å². The SMILES string of the molecule is COCCN1C(=O)C(=O)/C(=C(\O)c2ccc([N+](=O)[O-])cc2)C1c1ccc(OC)c(OCC(C)C)c1. The first-order valence-electron chi connectivity index (χ1n) is 11.0. The lowest BCUT2D eigenvalue weighted by Gasteiger charge is -2.26. The van der Waals surface area contributed by atoms with Gasteiger partial charge in [0.05, 0.1) is 36.9 Å². The minimum Gasteiger partial charge on any atom is -0.507 e. The number of aliphatic hydroxyl groups excluding tert-OH is 1. The molecule has 1 unspecified atom stereocenters. The van der Waals surface area contributed by atoms with Gasteiger partial charge in [-0.05, 0) is 35.7 Å². The number of ether oxygens (including phenoxy) is 3. The average Bonchev–Trinajstić information content (AvgIpc) is 3.10. The highest BCUT2D eigenvalue weighted by Crippen LogP contribution is 2.42. The summed E-state index contributed by atoms with van der Waals surface area (Å²) in [6, 6.07) is 9.23. The van der Waals surface area contributed by atoms with E-state index in [2.05, 4.69) is 0 Å². The topological polar surface area (TPSA) is 128 Å². The van der Waals surface area contributed by atoms with Crippen LogP contribution in [0.3, 0.4) is 0 Å². The number of ketones is 1. The molecule has 1 aliphatic heterocycles. The number of Topliss-reactive ketones (excluding diaryl/α,β-unsaturated/α-hetero) is 1. The van der Waals surface area contributed by atoms with Crippen LogP contribution in [0.1, 0.15) is 31.0 Å². The third-order valence-electron chi connectivity index (χ3n) is 5.50. The number of methoxy groups -OCH3 is 2. The summed E-state index contributed by atoms with van der Waals surface area (Å²) in [7, 11) is 2.99. The molecule has 2 aromatic carbocycles. The second-order valence-electron chi connectivity index (χ2n) is 8.40. The summed E-state index contributed by atoms with van der Waals surface area (Å²) < 4.78 is 16.4. The molecule has 1 aliphatic rings. The molecule has 186 valence electrons. The van der Waals surface area contributed by atoms with Gasteiger partial charge in [0, 0.05) is 31.4 Å². The first-order chi connectivity index (χ1) is 16.7. The molecule has 1 atom stereocenters. The average molecular weight is 485 g/mol. The van der Waals surface area contributed by atoms with Crippen LogP contribution in [0.2, 0.25) is 0 Å². The molecule has 1 saturated heterocycles. The maximum atomic E-state index is 13.1. The Kier molecular flexibility index (Phi) is 8.08. The number of nitro benzene ring substituents is 1. The highest BCUT2D eigenvalue weighted by molar-refractivity contribution is 6.46. The van der Waals surface area contributed by atoms with Gasteiger partial charge in [-0.1, -0.05) is 19.9 Å². The van der Waals surface area contributed by atoms with Crippen molar-refractivity contribution in [1.82, 2.24) is 4.90 Å². The van der Waals surface area contributed by atoms with E-state index in [9.17, 15) is 24.8 Å². The fraction of sp³-hybridized carbons (Fsp3) is 0.360. The van der Waals surface area contributed by atoms with Gasteiger partial charge in [-0.2, -0.15) is 0 Å². The minimum absolute atomic E-state index is 0.108. The molecule has 35 heavy (non-hydrogen) atoms. The fourth-order valence-corrected chi connectivity index (χ4v) is 3.78. The number of hydrogen-bond donors (Lipinski definition) is 1. The van der Waals surface area contributed by atoms with E-state index in [1.165, 1.54) is 43.4 Å². The fourth-order valence-electron chi connectivity index (χ4n) is 3.78. The summed E-state index contributed by atoms with van der Waals surface area (Å²) in [6.07, 6.45) is 0. The number of carbonyl (C=O) groups excluding carboxylic acids is 2. The smallest absolute Gasteiger partial charge is 0.295 e. The molecule has 0 spiro atoms. The Labute approximate surface area is 202 Å². The van der Waals surface area contributed by atoms with E-state index in [0.717, 1.165) is 0 Å². The zero-order valence-corrected chi connectivity index (χ0v) is 20.0. The molecule has 10 heteroatoms. The van der Waals surface area contributed by atoms with Crippen molar-refractivity contribution < 1.29 is 33.8 Å². The Bertz CT molecular complexity index is 1140. The molecule has 10 nitrogen and oxygen atoms in total. The van der Waals surface area contributed by atoms with Gasteiger partial charge in [-0.3, -0.25) is 19.7 Å². The van der Waals surface area contributed by atoms with Gasteiger partial charge in [0.15, 0.2) is 11.5 Å². The van der Waals surface area contributed by atoms with Crippen LogP contribution in [-0.2, 0) is 14.3 Å². The van der Waals surface area contributed by atoms with Crippen LogP contribution in [0.5, 0.6) is 11.5 Å². The summed E-state index contributed by atoms with van der Waals surface area (Å²) in [4.78, 5) is 37.7. The lowest BCUT2D eigenvalue weighted by atomic mass is 9.95. The number of likely N-dealkylation sites (tertiary alicyclic amines) is 1. The van der Waals surface area contributed by atoms with Crippen molar-refractivity contribution >= 4 is 23.1 Å². The van der Waals surface area contributed by atoms with Crippen LogP contribution in [-0.4, -0.2) is 60.6 Å². The number of benzene rings is 2. The van der Waals surface area contributed by atoms with Crippen LogP contribution >= 0.6 is 0 Å². The predicted octanol–water partition coefficient (Wildman–Crippen LogP) is 3.71. The number of hydrogen-bond acceptors (Lipinski definition) is 8. The van der Waals surface area contributed by atoms with Crippen molar-refractivity contribution in [1.29, 1.82) is 0 Å². The molecule has 0 bridgehead atoms. The molecule has 2 aromatic rings. The second-order valence-corrected chi connectivity index (χ2v) is 8.40. The number of amides is 1. The van der Waals surface area contributed by atoms with Crippen molar-refractivity contribution in [2.75, 3.05) is 34.0 Å². The number of nitrogens with zero attached hydrogens (tertiary/aromatic N) is 2. The standard InChI is InChI=1S/C25H28N2O8/c1-15(2)14-35-20-13-17(7-10-19(20)34-4)22-21(24(29)25(30)26(22)11-12-33-3)23(28)16-5-8-18(9-6-16)27(31)32/h5-10,13,15,22,28H,11-12,14H2,1-4H3/b23-21-. The molecule has 1 amide bonds. The summed E-state index contributed by atoms with van der Waals surface area (Å²) in [5, 5.41) is 22.1. The number of aliphatic hydroxyl groups is 1. The third kappa shape index (κ3) is 5.43. The molecule has 0 radical (unpaired) electrons. The van der Waals surface area contributed by atoms with Gasteiger partial charge in [0.25, 0.3) is 17.4 Å². The van der Waals surface area contributed by atoms with Gasteiger partial charge in [-0.15, -0.1) is 0 Å². The molecule has 0 aromatic heterocycles. The zero-order chi connectivity index (χ0) is 25.7. The van der Waals surface area contributed by atoms with Gasteiger partial charge in [0.1, 0.15) is 5.76 Å². The first-order valence-corrected chi connectivity index (χ1v) is 11.0. The monoisotopic (exact) mass is 484 g/mol. The molecule has 1 N–H and O–H groups in total. The van der Waals surface area contributed by atoms with E-state index in [1.54, 1.807) is 18.2 Å². The number of nitro groups is 1. The van der Waals surface area contributed by atoms with E-state index in [-0.39, 0.29) is 35.9 Å². The van der Waals surface area contributed by atoms with Crippen molar-refractivity contribution in [2.24, 2.45) is 5.92 Å². The summed E-state index contributed by atoms with van der Waals surface area (Å²) in [5.74, 6) is -0.898. The highest BCUT2D eigenvalue weighted by atomic mass is 16.6. The Balaban J connectivity index is 2.15. The molecule has 3 rings (SSSR count). The molecule has 1 fully saturated rings. The van der Waals surface area contributed by atoms with E-state index >= 15 is 0 Å². The number of non-ortho nitro benzene ring substituents is 1. The van der Waals surface area contributed by atoms with Crippen LogP contribution < -0.4 is 9.47 Å². The van der Waals surface area contributed by atoms with Gasteiger partial charge < -0.3 is 24.2 Å². The Morgan fingerprint density at radius 3 is 2.37 bits per heavy atom. The Morgan fingerprint density at radius 1 is 1.11 bits per heavy atom. The van der Waals surface area contributed by atoms with Crippen LogP contribution in [0, 0.1) is 16.0 Å². The van der Waals surface area contributed by atoms with Crippen LogP contribution in [0.4, 0.5) is 5.69 Å². The quantitative estimate of drug-likeness (QED) is 0.178. The van der Waals surface area contributed by atoms with Gasteiger partial charge in [-0.25, -0.2) is 0 Å². The van der Waals surface area contributed by atoms with Gasteiger partial charge in [0.2, 0.25) is 0 Å². The van der Waals surface area contributed by atoms with Crippen molar-refractivity contribution in [3.8, 4) is 11.5 Å². The number of carbonyl (C=O) groups is 2. The summed E-state index contributed by atoms with van der Waals surface area (Å²) in [6.45, 7) is 4.71. The normalized spacial score (nSPS) is 17.2. The van der Waals surface area contributed by atoms with E-state index in [1.807, 2.05) is 13.8 Å². The minimum atomic E-state index is -0.923. The van der Waals surface area contributed by atoms with E-state index in [4.69, 9.17) is 14.2 Å². The van der Waals surface area contributed by atoms with Crippen molar-refractivity contribution in [3.63, 3.8) is 0 Å². The van der Waals surface area contributed by atoms with E-state index in [0.29, 0.717) is 23.7 Å². The van der Waals surface area contributed by atoms with Crippen molar-refractivity contribution in [2.45, 2.75) is 19.9 Å². The molecular formula is C25H28N2O8. The first kappa shape index (κ1) is 25.7. The molecular weight excluding hydrogens is 456 g/mol. The second kappa shape index (κ2) is 11.0. The highest BCUT2D eigenvalue weighted by Gasteiger charge is 2.46. The third-order valence-corrected chi connectivity index (χ3v) is 5.50. The summed E-state index contributed by atoms with van der Waals surface area (Å²) in [5.41, 5.74) is 0.416. The number of rotatable bonds is 10. The van der Waals surface area contributed by atoms with Crippen LogP contribution in [0.25, 0.3) is 5.76 Å². The molecule has 1 heterocycles. The zero-order valence-electron chi connectivity index (χ0n) is 20.0. The Morgan fingerprint density at radius 2 is 1.80 bits per heavy atom. The lowest BCUT2D eigenvalue weighted by molar-refractivity contribution is -0.384. The summed E-state index contributed by atoms with van der Waals surface area (Å²) >= 11 is 0. The maximum absolute atomic E-state index is 13.1. The largest absolute Gasteiger partial charge is 0.507 e. The Hall–Kier alpha value is -3.92. The van der Waals surface area contributed by atoms with Crippen molar-refractivity contribution in [3.05, 3.63) is 69.3 Å². The molecule has 0 aliphatic carbocycles. The van der Waals surface area contributed by atoms with Gasteiger partial charge >= 0.3 is 0 Å². The lowest BCUT2D eigenvalue weighted by Crippen LogP contribution is -2.32. The maximum Gasteiger partial charge on any atom is 0.295 e. The predicted molar refractivity (Wildman–Crippen MR) is 127 cm³/mol. The molecule has 0 saturated carbocycles.